The molecule has 0 aliphatic heterocycles. The highest BCUT2D eigenvalue weighted by Crippen LogP contribution is 2.35. The van der Waals surface area contributed by atoms with Gasteiger partial charge in [0.2, 0.25) is 5.91 Å². The molecule has 0 saturated carbocycles. The monoisotopic (exact) mass is 393 g/mol. The summed E-state index contributed by atoms with van der Waals surface area (Å²) in [6.45, 7) is 4.35. The molecule has 0 spiro atoms. The Morgan fingerprint density at radius 1 is 1.12 bits per heavy atom. The van der Waals surface area contributed by atoms with Crippen LogP contribution in [0.15, 0.2) is 36.4 Å². The van der Waals surface area contributed by atoms with Crippen molar-refractivity contribution in [2.24, 2.45) is 0 Å². The van der Waals surface area contributed by atoms with Crippen LogP contribution in [0.2, 0.25) is 5.02 Å². The smallest absolute Gasteiger partial charge is 0.234 e. The fourth-order valence-electron chi connectivity index (χ4n) is 2.40. The molecule has 0 radical (unpaired) electrons. The van der Waals surface area contributed by atoms with Crippen molar-refractivity contribution in [3.05, 3.63) is 52.5 Å². The van der Waals surface area contributed by atoms with Crippen LogP contribution in [-0.2, 0) is 10.5 Å². The number of halogens is 1. The molecule has 2 rings (SSSR count). The molecule has 0 saturated heterocycles. The van der Waals surface area contributed by atoms with Crippen LogP contribution < -0.4 is 14.8 Å². The third-order valence-corrected chi connectivity index (χ3v) is 5.20. The second-order valence-electron chi connectivity index (χ2n) is 6.12. The van der Waals surface area contributed by atoms with Crippen molar-refractivity contribution in [2.45, 2.75) is 25.5 Å². The number of amides is 1. The molecule has 2 aromatic carbocycles. The summed E-state index contributed by atoms with van der Waals surface area (Å²) in [4.78, 5) is 12.2. The van der Waals surface area contributed by atoms with E-state index in [4.69, 9.17) is 21.1 Å². The Morgan fingerprint density at radius 3 is 2.35 bits per heavy atom. The molecule has 0 aliphatic rings. The van der Waals surface area contributed by atoms with Gasteiger partial charge in [0.05, 0.1) is 30.7 Å². The minimum absolute atomic E-state index is 0.100. The molecule has 4 nitrogen and oxygen atoms in total. The minimum atomic E-state index is -0.100. The molecule has 0 aromatic heterocycles. The lowest BCUT2D eigenvalue weighted by Crippen LogP contribution is -2.15. The highest BCUT2D eigenvalue weighted by atomic mass is 35.5. The lowest BCUT2D eigenvalue weighted by Gasteiger charge is -2.13. The summed E-state index contributed by atoms with van der Waals surface area (Å²) < 4.78 is 10.5. The first kappa shape index (κ1) is 20.5. The summed E-state index contributed by atoms with van der Waals surface area (Å²) >= 11 is 7.64. The molecular formula is C20H24ClNO3S. The SMILES string of the molecule is COc1cc(NC(=O)CSCc2ccc(C(C)C)cc2)c(OC)cc1Cl. The van der Waals surface area contributed by atoms with Gasteiger partial charge in [0.15, 0.2) is 0 Å². The van der Waals surface area contributed by atoms with Crippen molar-refractivity contribution in [1.29, 1.82) is 0 Å². The van der Waals surface area contributed by atoms with Crippen molar-refractivity contribution in [1.82, 2.24) is 0 Å². The van der Waals surface area contributed by atoms with Gasteiger partial charge in [-0.05, 0) is 17.0 Å². The Hall–Kier alpha value is -1.85. The topological polar surface area (TPSA) is 47.6 Å². The standard InChI is InChI=1S/C20H24ClNO3S/c1-13(2)15-7-5-14(6-8-15)11-26-12-20(23)22-17-10-18(24-3)16(21)9-19(17)25-4/h5-10,13H,11-12H2,1-4H3,(H,22,23). The van der Waals surface area contributed by atoms with E-state index in [1.165, 1.54) is 25.3 Å². The number of thioether (sulfide) groups is 1. The normalized spacial score (nSPS) is 10.7. The van der Waals surface area contributed by atoms with E-state index in [2.05, 4.69) is 43.4 Å². The maximum Gasteiger partial charge on any atom is 0.234 e. The van der Waals surface area contributed by atoms with Gasteiger partial charge in [-0.3, -0.25) is 4.79 Å². The number of anilines is 1. The Morgan fingerprint density at radius 2 is 1.77 bits per heavy atom. The van der Waals surface area contributed by atoms with Gasteiger partial charge in [0.25, 0.3) is 0 Å². The Bertz CT molecular complexity index is 747. The Balaban J connectivity index is 1.90. The van der Waals surface area contributed by atoms with E-state index in [1.54, 1.807) is 23.9 Å². The van der Waals surface area contributed by atoms with E-state index >= 15 is 0 Å². The number of hydrogen-bond acceptors (Lipinski definition) is 4. The van der Waals surface area contributed by atoms with Crippen LogP contribution >= 0.6 is 23.4 Å². The molecule has 6 heteroatoms. The molecule has 0 aliphatic carbocycles. The third kappa shape index (κ3) is 5.58. The second-order valence-corrected chi connectivity index (χ2v) is 7.52. The fourth-order valence-corrected chi connectivity index (χ4v) is 3.42. The number of hydrogen-bond donors (Lipinski definition) is 1. The van der Waals surface area contributed by atoms with Gasteiger partial charge < -0.3 is 14.8 Å². The highest BCUT2D eigenvalue weighted by Gasteiger charge is 2.12. The van der Waals surface area contributed by atoms with E-state index in [1.807, 2.05) is 0 Å². The number of benzene rings is 2. The number of carbonyl (C=O) groups excluding carboxylic acids is 1. The molecular weight excluding hydrogens is 370 g/mol. The first-order valence-electron chi connectivity index (χ1n) is 8.32. The molecule has 1 amide bonds. The number of nitrogens with one attached hydrogen (secondary N) is 1. The fraction of sp³-hybridized carbons (Fsp3) is 0.350. The van der Waals surface area contributed by atoms with Gasteiger partial charge >= 0.3 is 0 Å². The van der Waals surface area contributed by atoms with Crippen LogP contribution in [-0.4, -0.2) is 25.9 Å². The van der Waals surface area contributed by atoms with Crippen LogP contribution in [0.5, 0.6) is 11.5 Å². The van der Waals surface area contributed by atoms with Crippen LogP contribution in [0.4, 0.5) is 5.69 Å². The van der Waals surface area contributed by atoms with E-state index in [9.17, 15) is 4.79 Å². The Labute approximate surface area is 164 Å². The van der Waals surface area contributed by atoms with Crippen molar-refractivity contribution in [3.8, 4) is 11.5 Å². The van der Waals surface area contributed by atoms with Crippen molar-refractivity contribution in [3.63, 3.8) is 0 Å². The Kier molecular flexibility index (Phi) is 7.66. The zero-order valence-corrected chi connectivity index (χ0v) is 17.0. The average molecular weight is 394 g/mol. The van der Waals surface area contributed by atoms with E-state index in [-0.39, 0.29) is 5.91 Å². The predicted molar refractivity (Wildman–Crippen MR) is 110 cm³/mol. The van der Waals surface area contributed by atoms with Gasteiger partial charge in [0, 0.05) is 17.9 Å². The maximum atomic E-state index is 12.2. The van der Waals surface area contributed by atoms with E-state index in [0.717, 1.165) is 5.75 Å². The molecule has 0 atom stereocenters. The van der Waals surface area contributed by atoms with Crippen LogP contribution in [0.25, 0.3) is 0 Å². The minimum Gasteiger partial charge on any atom is -0.495 e. The maximum absolute atomic E-state index is 12.2. The zero-order chi connectivity index (χ0) is 19.1. The summed E-state index contributed by atoms with van der Waals surface area (Å²) in [6.07, 6.45) is 0. The number of rotatable bonds is 8. The van der Waals surface area contributed by atoms with Gasteiger partial charge in [-0.15, -0.1) is 11.8 Å². The van der Waals surface area contributed by atoms with E-state index < -0.39 is 0 Å². The summed E-state index contributed by atoms with van der Waals surface area (Å²) in [5, 5.41) is 3.28. The van der Waals surface area contributed by atoms with Gasteiger partial charge in [-0.2, -0.15) is 0 Å². The number of methoxy groups -OCH3 is 2. The van der Waals surface area contributed by atoms with Gasteiger partial charge in [0.1, 0.15) is 11.5 Å². The molecule has 140 valence electrons. The average Bonchev–Trinajstić information content (AvgIpc) is 2.63. The first-order chi connectivity index (χ1) is 12.4. The van der Waals surface area contributed by atoms with Crippen LogP contribution in [0.3, 0.4) is 0 Å². The molecule has 0 heterocycles. The predicted octanol–water partition coefficient (Wildman–Crippen LogP) is 5.35. The molecule has 26 heavy (non-hydrogen) atoms. The molecule has 0 fully saturated rings. The summed E-state index contributed by atoms with van der Waals surface area (Å²) in [5.74, 6) is 2.54. The first-order valence-corrected chi connectivity index (χ1v) is 9.85. The van der Waals surface area contributed by atoms with Crippen molar-refractivity contribution < 1.29 is 14.3 Å². The van der Waals surface area contributed by atoms with Crippen LogP contribution in [0.1, 0.15) is 30.9 Å². The lowest BCUT2D eigenvalue weighted by molar-refractivity contribution is -0.113. The third-order valence-electron chi connectivity index (χ3n) is 3.90. The summed E-state index contributed by atoms with van der Waals surface area (Å²) in [5.41, 5.74) is 3.07. The van der Waals surface area contributed by atoms with Gasteiger partial charge in [-0.1, -0.05) is 49.7 Å². The zero-order valence-electron chi connectivity index (χ0n) is 15.5. The van der Waals surface area contributed by atoms with Gasteiger partial charge in [-0.25, -0.2) is 0 Å². The lowest BCUT2D eigenvalue weighted by atomic mass is 10.0. The highest BCUT2D eigenvalue weighted by molar-refractivity contribution is 7.99. The van der Waals surface area contributed by atoms with Crippen molar-refractivity contribution in [2.75, 3.05) is 25.3 Å². The van der Waals surface area contributed by atoms with E-state index in [0.29, 0.717) is 33.9 Å². The second kappa shape index (κ2) is 9.74. The quantitative estimate of drug-likeness (QED) is 0.656. The van der Waals surface area contributed by atoms with Crippen molar-refractivity contribution >= 4 is 35.0 Å². The summed E-state index contributed by atoms with van der Waals surface area (Å²) in [7, 11) is 3.06. The molecule has 1 N–H and O–H groups in total. The summed E-state index contributed by atoms with van der Waals surface area (Å²) in [6, 6.07) is 11.8. The molecule has 0 unspecified atom stereocenters. The molecule has 2 aromatic rings. The number of ether oxygens (including phenoxy) is 2. The largest absolute Gasteiger partial charge is 0.495 e. The number of carbonyl (C=O) groups is 1. The molecule has 0 bridgehead atoms. The van der Waals surface area contributed by atoms with Crippen LogP contribution in [0, 0.1) is 0 Å².